The molecule has 2 N–H and O–H groups in total. The van der Waals surface area contributed by atoms with Gasteiger partial charge in [0.25, 0.3) is 0 Å². The molecule has 2 aromatic carbocycles. The monoisotopic (exact) mass is 612 g/mol. The third kappa shape index (κ3) is 9.26. The molecule has 2 heterocycles. The van der Waals surface area contributed by atoms with Crippen molar-refractivity contribution in [1.82, 2.24) is 4.90 Å². The zero-order valence-electron chi connectivity index (χ0n) is 25.8. The maximum absolute atomic E-state index is 8.58. The number of methoxy groups -OCH3 is 2. The highest BCUT2D eigenvalue weighted by Crippen LogP contribution is 2.46. The molecule has 0 aliphatic carbocycles. The average molecular weight is 613 g/mol. The van der Waals surface area contributed by atoms with Gasteiger partial charge < -0.3 is 29.4 Å². The predicted octanol–water partition coefficient (Wildman–Crippen LogP) is 6.34. The van der Waals surface area contributed by atoms with Crippen LogP contribution in [0.2, 0.25) is 5.02 Å². The van der Waals surface area contributed by atoms with Crippen LogP contribution >= 0.6 is 11.6 Å². The molecule has 0 unspecified atom stereocenters. The van der Waals surface area contributed by atoms with Gasteiger partial charge in [0.1, 0.15) is 6.61 Å². The third-order valence-corrected chi connectivity index (χ3v) is 7.96. The van der Waals surface area contributed by atoms with Crippen molar-refractivity contribution in [3.05, 3.63) is 88.2 Å². The molecule has 0 spiro atoms. The van der Waals surface area contributed by atoms with E-state index in [2.05, 4.69) is 55.3 Å². The number of allylic oxidation sites excluding steroid dienone is 4. The first-order chi connectivity index (χ1) is 20.9. The van der Waals surface area contributed by atoms with E-state index < -0.39 is 0 Å². The molecule has 2 aromatic rings. The first-order valence-corrected chi connectivity index (χ1v) is 15.1. The van der Waals surface area contributed by atoms with E-state index in [1.165, 1.54) is 22.3 Å². The number of aryl methyl sites for hydroxylation is 2. The summed E-state index contributed by atoms with van der Waals surface area (Å²) in [6.45, 7) is 11.2. The van der Waals surface area contributed by atoms with Crippen LogP contribution in [0, 0.1) is 0 Å². The van der Waals surface area contributed by atoms with Crippen LogP contribution < -0.4 is 19.9 Å². The van der Waals surface area contributed by atoms with Crippen LogP contribution in [0.25, 0.3) is 0 Å². The van der Waals surface area contributed by atoms with Gasteiger partial charge in [0.15, 0.2) is 11.5 Å². The van der Waals surface area contributed by atoms with Crippen LogP contribution in [0.3, 0.4) is 0 Å². The van der Waals surface area contributed by atoms with Crippen LogP contribution in [0.1, 0.15) is 54.9 Å². The summed E-state index contributed by atoms with van der Waals surface area (Å²) in [4.78, 5) is 11.2. The number of amides is 1. The highest BCUT2D eigenvalue weighted by atomic mass is 35.5. The Balaban J connectivity index is 0.00000162. The van der Waals surface area contributed by atoms with E-state index in [9.17, 15) is 0 Å². The van der Waals surface area contributed by atoms with Gasteiger partial charge >= 0.3 is 0 Å². The van der Waals surface area contributed by atoms with Crippen LogP contribution in [0.15, 0.2) is 60.9 Å². The number of primary amides is 1. The van der Waals surface area contributed by atoms with Crippen LogP contribution in [-0.2, 0) is 33.7 Å². The van der Waals surface area contributed by atoms with Gasteiger partial charge in [0.05, 0.1) is 19.5 Å². The fourth-order valence-corrected chi connectivity index (χ4v) is 5.98. The van der Waals surface area contributed by atoms with Gasteiger partial charge in [0.2, 0.25) is 19.0 Å². The molecule has 9 heteroatoms. The second-order valence-corrected chi connectivity index (χ2v) is 10.8. The molecule has 1 fully saturated rings. The molecule has 1 saturated heterocycles. The molecule has 4 rings (SSSR count). The smallest absolute Gasteiger partial charge is 0.231 e. The Kier molecular flexibility index (Phi) is 13.9. The zero-order valence-corrected chi connectivity index (χ0v) is 26.5. The van der Waals surface area contributed by atoms with Crippen molar-refractivity contribution in [3.63, 3.8) is 0 Å². The van der Waals surface area contributed by atoms with E-state index >= 15 is 0 Å². The number of carbonyl (C=O) groups is 1. The lowest BCUT2D eigenvalue weighted by Crippen LogP contribution is -2.30. The summed E-state index contributed by atoms with van der Waals surface area (Å²) >= 11 is 6.50. The number of halogens is 1. The summed E-state index contributed by atoms with van der Waals surface area (Å²) < 4.78 is 28.5. The van der Waals surface area contributed by atoms with Gasteiger partial charge in [-0.2, -0.15) is 0 Å². The Morgan fingerprint density at radius 3 is 2.47 bits per heavy atom. The van der Waals surface area contributed by atoms with Crippen molar-refractivity contribution >= 4 is 18.0 Å². The SMILES string of the molecule is C=C/C=C\C=C(/C[C@H]1C[C@@H](c2cc(OC)c3c(c2)OCO3)CN1Cc1c(CC)cc(Cl)cc1CC)OCCOC.NC=O. The van der Waals surface area contributed by atoms with Gasteiger partial charge in [-0.15, -0.1) is 0 Å². The van der Waals surface area contributed by atoms with Gasteiger partial charge in [-0.1, -0.05) is 50.3 Å². The average Bonchev–Trinajstić information content (AvgIpc) is 3.64. The molecular weight excluding hydrogens is 568 g/mol. The quantitative estimate of drug-likeness (QED) is 0.115. The highest BCUT2D eigenvalue weighted by molar-refractivity contribution is 6.30. The van der Waals surface area contributed by atoms with Gasteiger partial charge in [0, 0.05) is 37.7 Å². The van der Waals surface area contributed by atoms with Crippen molar-refractivity contribution in [2.75, 3.05) is 40.8 Å². The number of benzene rings is 2. The normalized spacial score (nSPS) is 17.9. The minimum atomic E-state index is 0.218. The highest BCUT2D eigenvalue weighted by Gasteiger charge is 2.36. The number of rotatable bonds is 14. The van der Waals surface area contributed by atoms with Crippen LogP contribution in [0.5, 0.6) is 17.2 Å². The maximum Gasteiger partial charge on any atom is 0.231 e. The molecule has 0 radical (unpaired) electrons. The van der Waals surface area contributed by atoms with E-state index in [-0.39, 0.29) is 19.2 Å². The Hall–Kier alpha value is -3.46. The number of ether oxygens (including phenoxy) is 5. The van der Waals surface area contributed by atoms with Gasteiger partial charge in [-0.05, 0) is 77.8 Å². The fraction of sp³-hybridized carbons (Fsp3) is 0.441. The number of carbonyl (C=O) groups excluding carboxylic acids is 1. The number of hydrogen-bond donors (Lipinski definition) is 1. The largest absolute Gasteiger partial charge is 0.495 e. The number of likely N-dealkylation sites (tertiary alicyclic amines) is 1. The molecule has 2 aliphatic rings. The summed E-state index contributed by atoms with van der Waals surface area (Å²) in [6.07, 6.45) is 11.6. The number of fused-ring (bicyclic) bond motifs is 1. The molecule has 234 valence electrons. The Labute approximate surface area is 261 Å². The summed E-state index contributed by atoms with van der Waals surface area (Å²) in [5.41, 5.74) is 9.39. The summed E-state index contributed by atoms with van der Waals surface area (Å²) in [5.74, 6) is 3.40. The topological polar surface area (TPSA) is 92.5 Å². The number of nitrogens with two attached hydrogens (primary N) is 1. The first kappa shape index (κ1) is 34.0. The van der Waals surface area contributed by atoms with Crippen molar-refractivity contribution in [2.24, 2.45) is 5.73 Å². The Morgan fingerprint density at radius 1 is 1.12 bits per heavy atom. The minimum Gasteiger partial charge on any atom is -0.495 e. The van der Waals surface area contributed by atoms with E-state index in [0.29, 0.717) is 24.9 Å². The predicted molar refractivity (Wildman–Crippen MR) is 171 cm³/mol. The molecule has 2 atom stereocenters. The van der Waals surface area contributed by atoms with E-state index in [1.54, 1.807) is 20.3 Å². The Bertz CT molecular complexity index is 1250. The van der Waals surface area contributed by atoms with Crippen molar-refractivity contribution in [3.8, 4) is 17.2 Å². The molecule has 0 saturated carbocycles. The van der Waals surface area contributed by atoms with E-state index in [0.717, 1.165) is 61.1 Å². The van der Waals surface area contributed by atoms with E-state index in [4.69, 9.17) is 40.1 Å². The fourth-order valence-electron chi connectivity index (χ4n) is 5.71. The molecule has 2 aliphatic heterocycles. The van der Waals surface area contributed by atoms with Crippen molar-refractivity contribution < 1.29 is 28.5 Å². The molecule has 43 heavy (non-hydrogen) atoms. The first-order valence-electron chi connectivity index (χ1n) is 14.7. The molecule has 0 aromatic heterocycles. The molecule has 0 bridgehead atoms. The van der Waals surface area contributed by atoms with Crippen LogP contribution in [0.4, 0.5) is 0 Å². The second-order valence-electron chi connectivity index (χ2n) is 10.3. The lowest BCUT2D eigenvalue weighted by molar-refractivity contribution is -0.106. The zero-order chi connectivity index (χ0) is 31.2. The summed E-state index contributed by atoms with van der Waals surface area (Å²) in [6, 6.07) is 8.75. The third-order valence-electron chi connectivity index (χ3n) is 7.74. The molecule has 1 amide bonds. The maximum atomic E-state index is 8.58. The van der Waals surface area contributed by atoms with Crippen LogP contribution in [-0.4, -0.2) is 58.1 Å². The summed E-state index contributed by atoms with van der Waals surface area (Å²) in [7, 11) is 3.37. The lowest BCUT2D eigenvalue weighted by atomic mass is 9.94. The summed E-state index contributed by atoms with van der Waals surface area (Å²) in [5, 5.41) is 0.812. The van der Waals surface area contributed by atoms with Gasteiger partial charge in [-0.3, -0.25) is 9.69 Å². The standard InChI is InChI=1S/C33H42ClNO5.CH3NO/c1-6-9-10-11-29(38-13-12-36-4)19-28-16-26(25-17-31(37-5)33-32(18-25)39-22-40-33)20-35(28)21-30-23(7-2)14-27(34)15-24(30)8-3;2-1-3/h6,9-11,14-15,17-18,26,28H,1,7-8,12-13,16,19-22H2,2-5H3;1H,(H2,2,3)/b10-9-,29-11+;/t26-,28-;/m1./s1. The van der Waals surface area contributed by atoms with E-state index in [1.807, 2.05) is 18.2 Å². The molecular formula is C34H45ClN2O6. The van der Waals surface area contributed by atoms with Crippen molar-refractivity contribution in [1.29, 1.82) is 0 Å². The minimum absolute atomic E-state index is 0.218. The Morgan fingerprint density at radius 2 is 1.84 bits per heavy atom. The van der Waals surface area contributed by atoms with Gasteiger partial charge in [-0.25, -0.2) is 0 Å². The number of hydrogen-bond acceptors (Lipinski definition) is 7. The van der Waals surface area contributed by atoms with Crippen molar-refractivity contribution in [2.45, 2.75) is 58.0 Å². The molecule has 8 nitrogen and oxygen atoms in total. The second kappa shape index (κ2) is 17.6. The number of nitrogens with zero attached hydrogens (tertiary/aromatic N) is 1. The lowest BCUT2D eigenvalue weighted by Gasteiger charge is -2.27.